The maximum atomic E-state index is 4.66. The summed E-state index contributed by atoms with van der Waals surface area (Å²) in [5.74, 6) is 1.81. The van der Waals surface area contributed by atoms with E-state index in [0.29, 0.717) is 0 Å². The van der Waals surface area contributed by atoms with Crippen LogP contribution in [0.5, 0.6) is 0 Å². The normalized spacial score (nSPS) is 10.4. The molecular formula is C15H19N3. The lowest BCUT2D eigenvalue weighted by atomic mass is 10.2. The summed E-state index contributed by atoms with van der Waals surface area (Å²) in [6, 6.07) is 12.2. The lowest BCUT2D eigenvalue weighted by Gasteiger charge is -2.20. The molecule has 3 nitrogen and oxygen atoms in total. The number of nitrogens with zero attached hydrogens (tertiary/aromatic N) is 3. The molecule has 18 heavy (non-hydrogen) atoms. The van der Waals surface area contributed by atoms with E-state index < -0.39 is 0 Å². The van der Waals surface area contributed by atoms with Gasteiger partial charge in [0.2, 0.25) is 0 Å². The molecule has 0 N–H and O–H groups in total. The highest BCUT2D eigenvalue weighted by atomic mass is 15.2. The molecule has 2 aromatic rings. The maximum absolute atomic E-state index is 4.66. The molecule has 0 aliphatic heterocycles. The van der Waals surface area contributed by atoms with Crippen LogP contribution in [0.3, 0.4) is 0 Å². The van der Waals surface area contributed by atoms with Gasteiger partial charge in [-0.25, -0.2) is 9.97 Å². The van der Waals surface area contributed by atoms with E-state index in [2.05, 4.69) is 28.7 Å². The van der Waals surface area contributed by atoms with E-state index in [1.807, 2.05) is 43.3 Å². The highest BCUT2D eigenvalue weighted by Crippen LogP contribution is 2.19. The van der Waals surface area contributed by atoms with Gasteiger partial charge in [0.15, 0.2) is 5.82 Å². The number of benzene rings is 1. The van der Waals surface area contributed by atoms with Crippen molar-refractivity contribution in [2.75, 3.05) is 18.0 Å². The summed E-state index contributed by atoms with van der Waals surface area (Å²) >= 11 is 0. The van der Waals surface area contributed by atoms with E-state index in [0.717, 1.165) is 36.0 Å². The lowest BCUT2D eigenvalue weighted by Crippen LogP contribution is -2.23. The van der Waals surface area contributed by atoms with Gasteiger partial charge in [-0.2, -0.15) is 0 Å². The van der Waals surface area contributed by atoms with Crippen LogP contribution in [0.15, 0.2) is 36.4 Å². The number of rotatable bonds is 4. The molecule has 2 rings (SSSR count). The lowest BCUT2D eigenvalue weighted by molar-refractivity contribution is 0.840. The smallest absolute Gasteiger partial charge is 0.161 e. The molecule has 1 heterocycles. The topological polar surface area (TPSA) is 29.0 Å². The van der Waals surface area contributed by atoms with Crippen molar-refractivity contribution in [2.24, 2.45) is 0 Å². The first-order valence-electron chi connectivity index (χ1n) is 6.40. The van der Waals surface area contributed by atoms with Gasteiger partial charge >= 0.3 is 0 Å². The molecule has 0 radical (unpaired) electrons. The van der Waals surface area contributed by atoms with Crippen LogP contribution in [-0.2, 0) is 0 Å². The highest BCUT2D eigenvalue weighted by Gasteiger charge is 2.08. The number of aryl methyl sites for hydroxylation is 1. The summed E-state index contributed by atoms with van der Waals surface area (Å²) in [7, 11) is 0. The molecule has 0 aliphatic rings. The second-order valence-corrected chi connectivity index (χ2v) is 4.23. The zero-order valence-corrected chi connectivity index (χ0v) is 11.2. The quantitative estimate of drug-likeness (QED) is 0.822. The summed E-state index contributed by atoms with van der Waals surface area (Å²) in [6.07, 6.45) is 0. The van der Waals surface area contributed by atoms with Gasteiger partial charge in [-0.05, 0) is 20.8 Å². The van der Waals surface area contributed by atoms with Crippen LogP contribution in [0.4, 0.5) is 5.82 Å². The minimum atomic E-state index is 0.803. The Morgan fingerprint density at radius 3 is 2.28 bits per heavy atom. The zero-order chi connectivity index (χ0) is 13.0. The van der Waals surface area contributed by atoms with E-state index >= 15 is 0 Å². The van der Waals surface area contributed by atoms with Crippen LogP contribution in [0, 0.1) is 6.92 Å². The molecule has 0 saturated heterocycles. The number of aromatic nitrogens is 2. The predicted octanol–water partition coefficient (Wildman–Crippen LogP) is 3.30. The monoisotopic (exact) mass is 241 g/mol. The molecule has 0 aliphatic carbocycles. The molecule has 0 saturated carbocycles. The molecule has 94 valence electrons. The summed E-state index contributed by atoms with van der Waals surface area (Å²) in [5, 5.41) is 0. The Bertz CT molecular complexity index is 504. The third kappa shape index (κ3) is 2.67. The summed E-state index contributed by atoms with van der Waals surface area (Å²) in [6.45, 7) is 8.22. The Morgan fingerprint density at radius 1 is 1.00 bits per heavy atom. The second kappa shape index (κ2) is 5.63. The zero-order valence-electron chi connectivity index (χ0n) is 11.2. The molecular weight excluding hydrogens is 222 g/mol. The number of anilines is 1. The van der Waals surface area contributed by atoms with Gasteiger partial charge in [0, 0.05) is 30.4 Å². The van der Waals surface area contributed by atoms with Crippen molar-refractivity contribution in [3.05, 3.63) is 42.1 Å². The predicted molar refractivity (Wildman–Crippen MR) is 75.8 cm³/mol. The fourth-order valence-corrected chi connectivity index (χ4v) is 1.98. The number of hydrogen-bond donors (Lipinski definition) is 0. The minimum absolute atomic E-state index is 0.803. The maximum Gasteiger partial charge on any atom is 0.161 e. The largest absolute Gasteiger partial charge is 0.357 e. The van der Waals surface area contributed by atoms with Gasteiger partial charge in [-0.15, -0.1) is 0 Å². The van der Waals surface area contributed by atoms with Crippen molar-refractivity contribution in [1.29, 1.82) is 0 Å². The van der Waals surface area contributed by atoms with E-state index in [9.17, 15) is 0 Å². The first kappa shape index (κ1) is 12.6. The Balaban J connectivity index is 2.44. The van der Waals surface area contributed by atoms with Crippen LogP contribution >= 0.6 is 0 Å². The van der Waals surface area contributed by atoms with Gasteiger partial charge < -0.3 is 4.90 Å². The van der Waals surface area contributed by atoms with Crippen LogP contribution < -0.4 is 4.90 Å². The summed E-state index contributed by atoms with van der Waals surface area (Å²) in [5.41, 5.74) is 2.07. The SMILES string of the molecule is CCN(CC)c1cc(C)nc(-c2ccccc2)n1. The fraction of sp³-hybridized carbons (Fsp3) is 0.333. The minimum Gasteiger partial charge on any atom is -0.357 e. The third-order valence-electron chi connectivity index (χ3n) is 2.96. The molecule has 0 atom stereocenters. The standard InChI is InChI=1S/C15H19N3/c1-4-18(5-2)14-11-12(3)16-15(17-14)13-9-7-6-8-10-13/h6-11H,4-5H2,1-3H3. The van der Waals surface area contributed by atoms with E-state index in [1.54, 1.807) is 0 Å². The summed E-state index contributed by atoms with van der Waals surface area (Å²) < 4.78 is 0. The Labute approximate surface area is 109 Å². The van der Waals surface area contributed by atoms with Crippen LogP contribution in [0.25, 0.3) is 11.4 Å². The summed E-state index contributed by atoms with van der Waals surface area (Å²) in [4.78, 5) is 11.4. The molecule has 3 heteroatoms. The second-order valence-electron chi connectivity index (χ2n) is 4.23. The van der Waals surface area contributed by atoms with Crippen LogP contribution in [0.1, 0.15) is 19.5 Å². The van der Waals surface area contributed by atoms with E-state index in [-0.39, 0.29) is 0 Å². The van der Waals surface area contributed by atoms with Gasteiger partial charge in [-0.3, -0.25) is 0 Å². The van der Waals surface area contributed by atoms with E-state index in [1.165, 1.54) is 0 Å². The van der Waals surface area contributed by atoms with Gasteiger partial charge in [0.05, 0.1) is 0 Å². The Morgan fingerprint density at radius 2 is 1.67 bits per heavy atom. The van der Waals surface area contributed by atoms with E-state index in [4.69, 9.17) is 0 Å². The average Bonchev–Trinajstić information content (AvgIpc) is 2.40. The van der Waals surface area contributed by atoms with Crippen molar-refractivity contribution in [2.45, 2.75) is 20.8 Å². The average molecular weight is 241 g/mol. The molecule has 1 aromatic heterocycles. The van der Waals surface area contributed by atoms with Crippen LogP contribution in [-0.4, -0.2) is 23.1 Å². The Hall–Kier alpha value is -1.90. The molecule has 1 aromatic carbocycles. The van der Waals surface area contributed by atoms with Crippen LogP contribution in [0.2, 0.25) is 0 Å². The van der Waals surface area contributed by atoms with Crippen molar-refractivity contribution in [3.63, 3.8) is 0 Å². The molecule has 0 bridgehead atoms. The van der Waals surface area contributed by atoms with Crippen molar-refractivity contribution in [3.8, 4) is 11.4 Å². The molecule has 0 fully saturated rings. The van der Waals surface area contributed by atoms with Gasteiger partial charge in [0.25, 0.3) is 0 Å². The van der Waals surface area contributed by atoms with Crippen molar-refractivity contribution in [1.82, 2.24) is 9.97 Å². The van der Waals surface area contributed by atoms with Crippen molar-refractivity contribution >= 4 is 5.82 Å². The van der Waals surface area contributed by atoms with Crippen molar-refractivity contribution < 1.29 is 0 Å². The first-order valence-corrected chi connectivity index (χ1v) is 6.40. The number of hydrogen-bond acceptors (Lipinski definition) is 3. The Kier molecular flexibility index (Phi) is 3.92. The first-order chi connectivity index (χ1) is 8.74. The molecule has 0 unspecified atom stereocenters. The van der Waals surface area contributed by atoms with Gasteiger partial charge in [-0.1, -0.05) is 30.3 Å². The third-order valence-corrected chi connectivity index (χ3v) is 2.96. The molecule has 0 amide bonds. The van der Waals surface area contributed by atoms with Gasteiger partial charge in [0.1, 0.15) is 5.82 Å². The molecule has 0 spiro atoms. The highest BCUT2D eigenvalue weighted by molar-refractivity contribution is 5.57. The fourth-order valence-electron chi connectivity index (χ4n) is 1.98.